The first-order valence-corrected chi connectivity index (χ1v) is 6.87. The minimum Gasteiger partial charge on any atom is -0.486 e. The molecule has 20 heavy (non-hydrogen) atoms. The van der Waals surface area contributed by atoms with Gasteiger partial charge in [0.15, 0.2) is 5.75 Å². The lowest BCUT2D eigenvalue weighted by molar-refractivity contribution is 0.305. The fourth-order valence-corrected chi connectivity index (χ4v) is 1.84. The molecule has 0 spiro atoms. The van der Waals surface area contributed by atoms with Crippen LogP contribution in [0, 0.1) is 0 Å². The van der Waals surface area contributed by atoms with Gasteiger partial charge in [-0.25, -0.2) is 0 Å². The van der Waals surface area contributed by atoms with E-state index in [1.165, 1.54) is 11.1 Å². The first kappa shape index (κ1) is 14.6. The molecule has 1 aromatic carbocycles. The average molecular weight is 273 g/mol. The molecule has 0 radical (unpaired) electrons. The monoisotopic (exact) mass is 273 g/mol. The summed E-state index contributed by atoms with van der Waals surface area (Å²) in [6.45, 7) is 7.94. The summed E-state index contributed by atoms with van der Waals surface area (Å²) in [5.41, 5.74) is 2.57. The Labute approximate surface area is 120 Å². The zero-order chi connectivity index (χ0) is 14.6. The predicted molar refractivity (Wildman–Crippen MR) is 80.6 cm³/mol. The van der Waals surface area contributed by atoms with E-state index in [1.807, 2.05) is 13.2 Å². The molecule has 0 bridgehead atoms. The molecule has 1 N–H and O–H groups in total. The first-order valence-electron chi connectivity index (χ1n) is 6.87. The number of ether oxygens (including phenoxy) is 1. The van der Waals surface area contributed by atoms with E-state index < -0.39 is 0 Å². The van der Waals surface area contributed by atoms with Crippen LogP contribution in [0.3, 0.4) is 0 Å². The van der Waals surface area contributed by atoms with Crippen LogP contribution in [0.4, 0.5) is 0 Å². The molecule has 2 aromatic rings. The number of nitrogens with zero attached hydrogens (tertiary/aromatic N) is 2. The Morgan fingerprint density at radius 3 is 2.65 bits per heavy atom. The molecular formula is C16H23N3O. The highest BCUT2D eigenvalue weighted by molar-refractivity contribution is 5.24. The van der Waals surface area contributed by atoms with Gasteiger partial charge in [0.2, 0.25) is 0 Å². The summed E-state index contributed by atoms with van der Waals surface area (Å²) < 4.78 is 7.44. The average Bonchev–Trinajstić information content (AvgIpc) is 2.80. The number of hydrogen-bond acceptors (Lipinski definition) is 3. The van der Waals surface area contributed by atoms with Crippen molar-refractivity contribution < 1.29 is 4.74 Å². The van der Waals surface area contributed by atoms with Crippen LogP contribution >= 0.6 is 0 Å². The van der Waals surface area contributed by atoms with Gasteiger partial charge in [-0.1, -0.05) is 24.3 Å². The second-order valence-corrected chi connectivity index (χ2v) is 6.06. The Morgan fingerprint density at radius 1 is 1.25 bits per heavy atom. The van der Waals surface area contributed by atoms with Gasteiger partial charge < -0.3 is 10.1 Å². The molecule has 0 atom stereocenters. The lowest BCUT2D eigenvalue weighted by atomic mass is 10.1. The number of hydrogen-bond donors (Lipinski definition) is 1. The second kappa shape index (κ2) is 6.09. The number of nitrogens with one attached hydrogen (secondary N) is 1. The van der Waals surface area contributed by atoms with Crippen LogP contribution in [0.5, 0.6) is 5.75 Å². The molecule has 0 aliphatic carbocycles. The lowest BCUT2D eigenvalue weighted by Gasteiger charge is -2.20. The molecule has 108 valence electrons. The van der Waals surface area contributed by atoms with Crippen molar-refractivity contribution in [1.82, 2.24) is 15.1 Å². The van der Waals surface area contributed by atoms with Gasteiger partial charge in [-0.15, -0.1) is 0 Å². The quantitative estimate of drug-likeness (QED) is 0.910. The van der Waals surface area contributed by atoms with Gasteiger partial charge in [0.25, 0.3) is 0 Å². The Bertz CT molecular complexity index is 555. The van der Waals surface area contributed by atoms with Crippen LogP contribution in [-0.2, 0) is 20.2 Å². The van der Waals surface area contributed by atoms with Crippen LogP contribution < -0.4 is 10.1 Å². The van der Waals surface area contributed by atoms with E-state index in [2.05, 4.69) is 55.5 Å². The summed E-state index contributed by atoms with van der Waals surface area (Å²) in [5.74, 6) is 0.797. The molecular weight excluding hydrogens is 250 g/mol. The maximum atomic E-state index is 5.71. The summed E-state index contributed by atoms with van der Waals surface area (Å²) in [7, 11) is 1.88. The highest BCUT2D eigenvalue weighted by atomic mass is 16.5. The Hall–Kier alpha value is -1.81. The third-order valence-electron chi connectivity index (χ3n) is 2.90. The molecule has 4 heteroatoms. The summed E-state index contributed by atoms with van der Waals surface area (Å²) in [6, 6.07) is 8.46. The van der Waals surface area contributed by atoms with Crippen molar-refractivity contribution in [2.45, 2.75) is 39.5 Å². The highest BCUT2D eigenvalue weighted by Gasteiger charge is 2.08. The van der Waals surface area contributed by atoms with Crippen LogP contribution in [0.15, 0.2) is 36.7 Å². The standard InChI is InChI=1S/C16H23N3O/c1-16(2,3)17-9-13-6-5-7-14(8-13)12-20-15-10-18-19(4)11-15/h5-8,10-11,17H,9,12H2,1-4H3. The molecule has 4 nitrogen and oxygen atoms in total. The summed E-state index contributed by atoms with van der Waals surface area (Å²) in [6.07, 6.45) is 3.59. The summed E-state index contributed by atoms with van der Waals surface area (Å²) >= 11 is 0. The molecule has 2 rings (SSSR count). The van der Waals surface area contributed by atoms with Crippen molar-refractivity contribution >= 4 is 0 Å². The van der Waals surface area contributed by atoms with Crippen molar-refractivity contribution in [3.63, 3.8) is 0 Å². The molecule has 0 aliphatic rings. The van der Waals surface area contributed by atoms with E-state index >= 15 is 0 Å². The predicted octanol–water partition coefficient (Wildman–Crippen LogP) is 2.89. The van der Waals surface area contributed by atoms with E-state index in [1.54, 1.807) is 10.9 Å². The minimum atomic E-state index is 0.127. The van der Waals surface area contributed by atoms with Gasteiger partial charge in [0, 0.05) is 19.1 Å². The smallest absolute Gasteiger partial charge is 0.157 e. The molecule has 0 fully saturated rings. The Kier molecular flexibility index (Phi) is 4.45. The van der Waals surface area contributed by atoms with E-state index in [-0.39, 0.29) is 5.54 Å². The summed E-state index contributed by atoms with van der Waals surface area (Å²) in [5, 5.41) is 7.57. The summed E-state index contributed by atoms with van der Waals surface area (Å²) in [4.78, 5) is 0. The Balaban J connectivity index is 1.92. The lowest BCUT2D eigenvalue weighted by Crippen LogP contribution is -2.35. The normalized spacial score (nSPS) is 11.6. The van der Waals surface area contributed by atoms with E-state index in [9.17, 15) is 0 Å². The zero-order valence-corrected chi connectivity index (χ0v) is 12.7. The number of aryl methyl sites for hydroxylation is 1. The first-order chi connectivity index (χ1) is 9.42. The second-order valence-electron chi connectivity index (χ2n) is 6.06. The van der Waals surface area contributed by atoms with E-state index in [0.717, 1.165) is 12.3 Å². The zero-order valence-electron chi connectivity index (χ0n) is 12.7. The van der Waals surface area contributed by atoms with Crippen molar-refractivity contribution in [2.24, 2.45) is 7.05 Å². The SMILES string of the molecule is Cn1cc(OCc2cccc(CNC(C)(C)C)c2)cn1. The fourth-order valence-electron chi connectivity index (χ4n) is 1.84. The van der Waals surface area contributed by atoms with Crippen LogP contribution in [0.1, 0.15) is 31.9 Å². The van der Waals surface area contributed by atoms with E-state index in [4.69, 9.17) is 4.74 Å². The number of rotatable bonds is 5. The maximum Gasteiger partial charge on any atom is 0.157 e. The van der Waals surface area contributed by atoms with Crippen molar-refractivity contribution in [2.75, 3.05) is 0 Å². The van der Waals surface area contributed by atoms with E-state index in [0.29, 0.717) is 6.61 Å². The highest BCUT2D eigenvalue weighted by Crippen LogP contribution is 2.12. The van der Waals surface area contributed by atoms with Gasteiger partial charge in [-0.05, 0) is 31.9 Å². The van der Waals surface area contributed by atoms with Gasteiger partial charge in [0.05, 0.1) is 12.4 Å². The minimum absolute atomic E-state index is 0.127. The van der Waals surface area contributed by atoms with Crippen molar-refractivity contribution in [1.29, 1.82) is 0 Å². The maximum absolute atomic E-state index is 5.71. The molecule has 1 aromatic heterocycles. The molecule has 0 aliphatic heterocycles. The number of benzene rings is 1. The van der Waals surface area contributed by atoms with Crippen LogP contribution in [0.2, 0.25) is 0 Å². The third kappa shape index (κ3) is 4.70. The largest absolute Gasteiger partial charge is 0.486 e. The molecule has 0 saturated carbocycles. The van der Waals surface area contributed by atoms with Gasteiger partial charge in [-0.2, -0.15) is 5.10 Å². The molecule has 0 amide bonds. The van der Waals surface area contributed by atoms with Crippen molar-refractivity contribution in [3.8, 4) is 5.75 Å². The van der Waals surface area contributed by atoms with Gasteiger partial charge >= 0.3 is 0 Å². The Morgan fingerprint density at radius 2 is 2.00 bits per heavy atom. The van der Waals surface area contributed by atoms with Crippen LogP contribution in [0.25, 0.3) is 0 Å². The van der Waals surface area contributed by atoms with Crippen LogP contribution in [-0.4, -0.2) is 15.3 Å². The molecule has 0 unspecified atom stereocenters. The van der Waals surface area contributed by atoms with Gasteiger partial charge in [0.1, 0.15) is 6.61 Å². The molecule has 1 heterocycles. The fraction of sp³-hybridized carbons (Fsp3) is 0.438. The third-order valence-corrected chi connectivity index (χ3v) is 2.90. The van der Waals surface area contributed by atoms with Gasteiger partial charge in [-0.3, -0.25) is 4.68 Å². The molecule has 0 saturated heterocycles. The topological polar surface area (TPSA) is 39.1 Å². The number of aromatic nitrogens is 2. The van der Waals surface area contributed by atoms with Crippen molar-refractivity contribution in [3.05, 3.63) is 47.8 Å².